The second kappa shape index (κ2) is 7.68. The Hall–Kier alpha value is -2.04. The summed E-state index contributed by atoms with van der Waals surface area (Å²) in [5.41, 5.74) is 0.524. The molecule has 10 heteroatoms. The summed E-state index contributed by atoms with van der Waals surface area (Å²) >= 11 is 0. The van der Waals surface area contributed by atoms with Crippen LogP contribution in [0, 0.1) is 11.7 Å². The minimum Gasteiger partial charge on any atom is -0.388 e. The summed E-state index contributed by atoms with van der Waals surface area (Å²) < 4.78 is 44.4. The average molecular weight is 384 g/mol. The maximum Gasteiger partial charge on any atom is 0.438 e. The summed E-state index contributed by atoms with van der Waals surface area (Å²) in [5.74, 6) is -0.641. The van der Waals surface area contributed by atoms with Crippen LogP contribution >= 0.6 is 0 Å². The molecular formula is C16H21FN4O4S. The molecule has 1 aromatic carbocycles. The second-order valence-electron chi connectivity index (χ2n) is 6.53. The van der Waals surface area contributed by atoms with Gasteiger partial charge in [-0.25, -0.2) is 22.3 Å². The number of nitrogens with zero attached hydrogens (tertiary/aromatic N) is 3. The molecule has 0 unspecified atom stereocenters. The van der Waals surface area contributed by atoms with Crippen LogP contribution in [0.5, 0.6) is 0 Å². The van der Waals surface area contributed by atoms with Gasteiger partial charge in [0, 0.05) is 18.7 Å². The molecule has 1 aliphatic rings. The Labute approximate surface area is 150 Å². The quantitative estimate of drug-likeness (QED) is 0.793. The first-order valence-corrected chi connectivity index (χ1v) is 10.2. The fourth-order valence-corrected chi connectivity index (χ4v) is 3.55. The van der Waals surface area contributed by atoms with Crippen molar-refractivity contribution in [2.24, 2.45) is 5.92 Å². The van der Waals surface area contributed by atoms with Gasteiger partial charge in [0.05, 0.1) is 6.26 Å². The van der Waals surface area contributed by atoms with E-state index < -0.39 is 15.8 Å². The van der Waals surface area contributed by atoms with E-state index in [1.807, 2.05) is 4.90 Å². The van der Waals surface area contributed by atoms with Gasteiger partial charge in [0.2, 0.25) is 15.9 Å². The lowest BCUT2D eigenvalue weighted by Crippen LogP contribution is -2.42. The maximum absolute atomic E-state index is 13.0. The van der Waals surface area contributed by atoms with Crippen LogP contribution in [0.1, 0.15) is 12.8 Å². The first kappa shape index (κ1) is 18.7. The van der Waals surface area contributed by atoms with Crippen LogP contribution in [0.3, 0.4) is 0 Å². The molecular weight excluding hydrogens is 363 g/mol. The van der Waals surface area contributed by atoms with Gasteiger partial charge in [-0.15, -0.1) is 5.10 Å². The van der Waals surface area contributed by atoms with E-state index in [0.29, 0.717) is 18.7 Å². The van der Waals surface area contributed by atoms with Gasteiger partial charge in [0.25, 0.3) is 0 Å². The van der Waals surface area contributed by atoms with Gasteiger partial charge in [-0.05, 0) is 49.6 Å². The third kappa shape index (κ3) is 4.99. The predicted octanol–water partition coefficient (Wildman–Crippen LogP) is 0.861. The number of aromatic nitrogens is 2. The molecule has 1 aliphatic heterocycles. The molecule has 0 aliphatic carbocycles. The molecule has 2 aromatic rings. The number of sulfonamides is 1. The van der Waals surface area contributed by atoms with Gasteiger partial charge in [-0.3, -0.25) is 4.90 Å². The molecule has 0 amide bonds. The molecule has 8 nitrogen and oxygen atoms in total. The molecule has 1 N–H and O–H groups in total. The van der Waals surface area contributed by atoms with Gasteiger partial charge in [-0.2, -0.15) is 4.68 Å². The Kier molecular flexibility index (Phi) is 5.54. The van der Waals surface area contributed by atoms with Crippen molar-refractivity contribution in [1.29, 1.82) is 0 Å². The highest BCUT2D eigenvalue weighted by molar-refractivity contribution is 7.88. The Morgan fingerprint density at radius 1 is 1.35 bits per heavy atom. The molecule has 1 saturated heterocycles. The van der Waals surface area contributed by atoms with Crippen molar-refractivity contribution in [1.82, 2.24) is 19.4 Å². The standard InChI is InChI=1S/C16H21FN4O4S/c1-26(23,24)18-9-12-3-2-8-20(10-12)11-21-16(22)25-15(19-21)13-4-6-14(17)7-5-13/h4-7,12,18H,2-3,8-11H2,1H3/t12-/m0/s1. The van der Waals surface area contributed by atoms with Crippen LogP contribution in [0.15, 0.2) is 33.5 Å². The minimum absolute atomic E-state index is 0.141. The van der Waals surface area contributed by atoms with Gasteiger partial charge >= 0.3 is 5.76 Å². The third-order valence-electron chi connectivity index (χ3n) is 4.27. The van der Waals surface area contributed by atoms with E-state index in [9.17, 15) is 17.6 Å². The second-order valence-corrected chi connectivity index (χ2v) is 8.36. The Balaban J connectivity index is 1.65. The summed E-state index contributed by atoms with van der Waals surface area (Å²) in [6.07, 6.45) is 2.97. The van der Waals surface area contributed by atoms with Gasteiger partial charge in [0.1, 0.15) is 12.5 Å². The average Bonchev–Trinajstić information content (AvgIpc) is 2.94. The van der Waals surface area contributed by atoms with E-state index in [1.165, 1.54) is 28.9 Å². The van der Waals surface area contributed by atoms with Crippen molar-refractivity contribution in [2.45, 2.75) is 19.5 Å². The number of halogens is 1. The van der Waals surface area contributed by atoms with Crippen molar-refractivity contribution >= 4 is 10.0 Å². The molecule has 1 atom stereocenters. The van der Waals surface area contributed by atoms with E-state index in [1.54, 1.807) is 0 Å². The summed E-state index contributed by atoms with van der Waals surface area (Å²) in [5, 5.41) is 4.18. The number of hydrogen-bond donors (Lipinski definition) is 1. The SMILES string of the molecule is CS(=O)(=O)NC[C@@H]1CCCN(Cn2nc(-c3ccc(F)cc3)oc2=O)C1. The van der Waals surface area contributed by atoms with Crippen molar-refractivity contribution in [3.63, 3.8) is 0 Å². The number of piperidine rings is 1. The lowest BCUT2D eigenvalue weighted by molar-refractivity contribution is 0.129. The highest BCUT2D eigenvalue weighted by Gasteiger charge is 2.22. The molecule has 1 aromatic heterocycles. The number of nitrogens with one attached hydrogen (secondary N) is 1. The largest absolute Gasteiger partial charge is 0.438 e. The zero-order valence-corrected chi connectivity index (χ0v) is 15.2. The number of likely N-dealkylation sites (tertiary alicyclic amines) is 1. The fourth-order valence-electron chi connectivity index (χ4n) is 3.01. The normalized spacial score (nSPS) is 18.9. The molecule has 0 bridgehead atoms. The van der Waals surface area contributed by atoms with E-state index >= 15 is 0 Å². The fraction of sp³-hybridized carbons (Fsp3) is 0.500. The summed E-state index contributed by atoms with van der Waals surface area (Å²) in [6, 6.07) is 5.55. The molecule has 0 spiro atoms. The zero-order valence-electron chi connectivity index (χ0n) is 14.4. The first-order chi connectivity index (χ1) is 12.3. The zero-order chi connectivity index (χ0) is 18.7. The lowest BCUT2D eigenvalue weighted by Gasteiger charge is -2.32. The Morgan fingerprint density at radius 2 is 2.08 bits per heavy atom. The van der Waals surface area contributed by atoms with E-state index in [2.05, 4.69) is 9.82 Å². The third-order valence-corrected chi connectivity index (χ3v) is 4.96. The summed E-state index contributed by atoms with van der Waals surface area (Å²) in [6.45, 7) is 2.09. The van der Waals surface area contributed by atoms with Crippen molar-refractivity contribution < 1.29 is 17.2 Å². The van der Waals surface area contributed by atoms with Gasteiger partial charge in [0.15, 0.2) is 0 Å². The molecule has 3 rings (SSSR count). The van der Waals surface area contributed by atoms with Crippen LogP contribution in [0.25, 0.3) is 11.5 Å². The highest BCUT2D eigenvalue weighted by Crippen LogP contribution is 2.18. The molecule has 142 valence electrons. The van der Waals surface area contributed by atoms with Crippen LogP contribution in [0.2, 0.25) is 0 Å². The number of rotatable bonds is 6. The monoisotopic (exact) mass is 384 g/mol. The van der Waals surface area contributed by atoms with Crippen molar-refractivity contribution in [3.05, 3.63) is 40.6 Å². The van der Waals surface area contributed by atoms with Gasteiger partial charge in [-0.1, -0.05) is 0 Å². The molecule has 0 saturated carbocycles. The van der Waals surface area contributed by atoms with E-state index in [4.69, 9.17) is 4.42 Å². The topological polar surface area (TPSA) is 97.4 Å². The maximum atomic E-state index is 13.0. The summed E-state index contributed by atoms with van der Waals surface area (Å²) in [4.78, 5) is 14.1. The molecule has 26 heavy (non-hydrogen) atoms. The Morgan fingerprint density at radius 3 is 2.77 bits per heavy atom. The number of hydrogen-bond acceptors (Lipinski definition) is 6. The predicted molar refractivity (Wildman–Crippen MR) is 93.3 cm³/mol. The molecule has 2 heterocycles. The van der Waals surface area contributed by atoms with E-state index in [-0.39, 0.29) is 24.3 Å². The lowest BCUT2D eigenvalue weighted by atomic mass is 9.99. The van der Waals surface area contributed by atoms with Gasteiger partial charge < -0.3 is 4.42 Å². The van der Waals surface area contributed by atoms with Crippen LogP contribution < -0.4 is 10.5 Å². The van der Waals surface area contributed by atoms with Crippen molar-refractivity contribution in [2.75, 3.05) is 25.9 Å². The minimum atomic E-state index is -3.21. The highest BCUT2D eigenvalue weighted by atomic mass is 32.2. The van der Waals surface area contributed by atoms with Crippen LogP contribution in [-0.4, -0.2) is 49.0 Å². The first-order valence-electron chi connectivity index (χ1n) is 8.31. The van der Waals surface area contributed by atoms with Crippen LogP contribution in [0.4, 0.5) is 4.39 Å². The molecule has 1 fully saturated rings. The smallest absolute Gasteiger partial charge is 0.388 e. The molecule has 0 radical (unpaired) electrons. The Bertz CT molecular complexity index is 907. The van der Waals surface area contributed by atoms with Crippen LogP contribution in [-0.2, 0) is 16.7 Å². The van der Waals surface area contributed by atoms with E-state index in [0.717, 1.165) is 25.6 Å². The number of benzene rings is 1. The summed E-state index contributed by atoms with van der Waals surface area (Å²) in [7, 11) is -3.21. The van der Waals surface area contributed by atoms with Crippen molar-refractivity contribution in [3.8, 4) is 11.5 Å².